The Morgan fingerprint density at radius 2 is 1.43 bits per heavy atom. The maximum atomic E-state index is 11.5. The number of rotatable bonds is 16. The highest BCUT2D eigenvalue weighted by molar-refractivity contribution is 7.79. The lowest BCUT2D eigenvalue weighted by Gasteiger charge is -2.15. The molecule has 0 fully saturated rings. The topological polar surface area (TPSA) is 44.8 Å². The molecule has 1 atom stereocenters. The van der Waals surface area contributed by atoms with Crippen LogP contribution in [0.15, 0.2) is 103 Å². The lowest BCUT2D eigenvalue weighted by molar-refractivity contribution is -0.141. The van der Waals surface area contributed by atoms with Crippen molar-refractivity contribution >= 4 is 23.4 Å². The minimum atomic E-state index is -0.396. The highest BCUT2D eigenvalue weighted by Crippen LogP contribution is 2.12. The van der Waals surface area contributed by atoms with Gasteiger partial charge in [0, 0.05) is 18.6 Å². The van der Waals surface area contributed by atoms with E-state index in [-0.39, 0.29) is 17.6 Å². The number of thiocarbonyl (C=S) groups is 1. The minimum absolute atomic E-state index is 0.0134. The Labute approximate surface area is 216 Å². The number of hydrogen-bond acceptors (Lipinski definition) is 5. The fourth-order valence-electron chi connectivity index (χ4n) is 2.79. The van der Waals surface area contributed by atoms with Crippen molar-refractivity contribution in [1.82, 2.24) is 0 Å². The Bertz CT molecular complexity index is 879. The second-order valence-corrected chi connectivity index (χ2v) is 7.82. The third-order valence-electron chi connectivity index (χ3n) is 4.62. The van der Waals surface area contributed by atoms with Crippen LogP contribution in [0.25, 0.3) is 0 Å². The third-order valence-corrected chi connectivity index (χ3v) is 4.80. The van der Waals surface area contributed by atoms with E-state index in [1.165, 1.54) is 7.11 Å². The number of ether oxygens (including phenoxy) is 3. The molecule has 1 aromatic carbocycles. The van der Waals surface area contributed by atoms with Crippen LogP contribution >= 0.6 is 12.2 Å². The molecule has 0 amide bonds. The van der Waals surface area contributed by atoms with E-state index in [1.54, 1.807) is 12.1 Å². The summed E-state index contributed by atoms with van der Waals surface area (Å²) >= 11 is 5.20. The molecule has 0 radical (unpaired) electrons. The Morgan fingerprint density at radius 3 is 2.00 bits per heavy atom. The first-order chi connectivity index (χ1) is 17.2. The van der Waals surface area contributed by atoms with Crippen molar-refractivity contribution in [3.8, 4) is 5.75 Å². The van der Waals surface area contributed by atoms with Crippen molar-refractivity contribution in [1.29, 1.82) is 0 Å². The second kappa shape index (κ2) is 21.4. The van der Waals surface area contributed by atoms with E-state index >= 15 is 0 Å². The molecule has 0 N–H and O–H groups in total. The number of allylic oxidation sites excluding steroid dienone is 11. The number of hydrogen-bond donors (Lipinski definition) is 0. The molecule has 0 spiro atoms. The Kier molecular flexibility index (Phi) is 18.2. The molecule has 0 heterocycles. The average Bonchev–Trinajstić information content (AvgIpc) is 2.87. The normalized spacial score (nSPS) is 13.1. The van der Waals surface area contributed by atoms with Gasteiger partial charge in [-0.2, -0.15) is 0 Å². The third kappa shape index (κ3) is 17.9. The molecule has 1 aromatic rings. The van der Waals surface area contributed by atoms with E-state index in [0.29, 0.717) is 12.2 Å². The molecule has 0 aromatic heterocycles. The van der Waals surface area contributed by atoms with Crippen molar-refractivity contribution in [3.05, 3.63) is 103 Å². The quantitative estimate of drug-likeness (QED) is 0.101. The van der Waals surface area contributed by atoms with Crippen LogP contribution in [0.2, 0.25) is 0 Å². The summed E-state index contributed by atoms with van der Waals surface area (Å²) in [5.41, 5.74) is 0. The zero-order valence-corrected chi connectivity index (χ0v) is 21.7. The highest BCUT2D eigenvalue weighted by Gasteiger charge is 2.13. The zero-order valence-electron chi connectivity index (χ0n) is 20.9. The molecule has 0 saturated heterocycles. The van der Waals surface area contributed by atoms with Crippen molar-refractivity contribution in [2.75, 3.05) is 7.11 Å². The molecule has 1 unspecified atom stereocenters. The van der Waals surface area contributed by atoms with Crippen LogP contribution in [0.4, 0.5) is 0 Å². The number of benzene rings is 1. The van der Waals surface area contributed by atoms with Crippen LogP contribution < -0.4 is 4.74 Å². The van der Waals surface area contributed by atoms with Gasteiger partial charge in [0.15, 0.2) is 0 Å². The van der Waals surface area contributed by atoms with E-state index in [0.717, 1.165) is 32.1 Å². The fraction of sp³-hybridized carbons (Fsp3) is 0.333. The summed E-state index contributed by atoms with van der Waals surface area (Å²) in [6.07, 6.45) is 30.3. The summed E-state index contributed by atoms with van der Waals surface area (Å²) in [5, 5.41) is 0.0134. The van der Waals surface area contributed by atoms with Crippen LogP contribution in [0.3, 0.4) is 0 Å². The smallest absolute Gasteiger partial charge is 0.358 e. The first-order valence-electron chi connectivity index (χ1n) is 12.1. The molecule has 0 aliphatic heterocycles. The van der Waals surface area contributed by atoms with Crippen LogP contribution in [-0.4, -0.2) is 24.4 Å². The Balaban J connectivity index is 2.37. The summed E-state index contributed by atoms with van der Waals surface area (Å²) in [6, 6.07) is 9.20. The molecule has 35 heavy (non-hydrogen) atoms. The number of carbonyl (C=O) groups excluding carboxylic acids is 1. The van der Waals surface area contributed by atoms with Gasteiger partial charge in [-0.15, -0.1) is 0 Å². The van der Waals surface area contributed by atoms with Crippen molar-refractivity contribution < 1.29 is 19.0 Å². The van der Waals surface area contributed by atoms with Crippen LogP contribution in [0.1, 0.15) is 51.9 Å². The standard InChI is InChI=1S/C30H38O4S/c1-3-4-5-6-7-8-9-10-11-12-13-14-15-16-17-19-24-28(25-26-29(31)32-2)34-30(35)33-27-22-20-18-21-23-27/h4-5,7-8,10-11,13-14,16-24,28H,3,6,9,12,15,25-26H2,1-2H3/b5-4-,8-7-,11-10-,14-13-,17-16-,24-19-. The lowest BCUT2D eigenvalue weighted by atomic mass is 10.2. The summed E-state index contributed by atoms with van der Waals surface area (Å²) in [6.45, 7) is 2.14. The summed E-state index contributed by atoms with van der Waals surface area (Å²) in [5.74, 6) is 0.308. The number of para-hydroxylation sites is 1. The van der Waals surface area contributed by atoms with Gasteiger partial charge in [0.1, 0.15) is 11.9 Å². The van der Waals surface area contributed by atoms with Gasteiger partial charge in [0.2, 0.25) is 0 Å². The largest absolute Gasteiger partial charge is 0.469 e. The molecule has 188 valence electrons. The SMILES string of the molecule is CC/C=C\C/C=C\C/C=C\C/C=C\C/C=C\C=C/C(CCC(=O)OC)OC(=S)Oc1ccccc1. The van der Waals surface area contributed by atoms with Crippen molar-refractivity contribution in [3.63, 3.8) is 0 Å². The molecule has 4 nitrogen and oxygen atoms in total. The van der Waals surface area contributed by atoms with Crippen molar-refractivity contribution in [2.45, 2.75) is 58.0 Å². The van der Waals surface area contributed by atoms with Crippen LogP contribution in [0, 0.1) is 0 Å². The van der Waals surface area contributed by atoms with E-state index in [2.05, 4.69) is 61.6 Å². The first kappa shape index (κ1) is 29.9. The van der Waals surface area contributed by atoms with Gasteiger partial charge >= 0.3 is 11.2 Å². The predicted molar refractivity (Wildman–Crippen MR) is 149 cm³/mol. The molecule has 0 aliphatic carbocycles. The van der Waals surface area contributed by atoms with Crippen molar-refractivity contribution in [2.24, 2.45) is 0 Å². The van der Waals surface area contributed by atoms with Crippen LogP contribution in [0.5, 0.6) is 5.75 Å². The molecule has 5 heteroatoms. The van der Waals surface area contributed by atoms with Gasteiger partial charge < -0.3 is 14.2 Å². The lowest BCUT2D eigenvalue weighted by Crippen LogP contribution is -2.20. The van der Waals surface area contributed by atoms with Crippen LogP contribution in [-0.2, 0) is 14.3 Å². The summed E-state index contributed by atoms with van der Waals surface area (Å²) in [7, 11) is 1.37. The molecule has 0 bridgehead atoms. The minimum Gasteiger partial charge on any atom is -0.469 e. The van der Waals surface area contributed by atoms with E-state index in [1.807, 2.05) is 36.4 Å². The zero-order chi connectivity index (χ0) is 25.4. The molecule has 0 saturated carbocycles. The van der Waals surface area contributed by atoms with Gasteiger partial charge in [0.25, 0.3) is 0 Å². The molecular formula is C30H38O4S. The van der Waals surface area contributed by atoms with E-state index < -0.39 is 6.10 Å². The second-order valence-electron chi connectivity index (χ2n) is 7.49. The van der Waals surface area contributed by atoms with Gasteiger partial charge in [0.05, 0.1) is 7.11 Å². The van der Waals surface area contributed by atoms with E-state index in [4.69, 9.17) is 26.4 Å². The molecule has 1 rings (SSSR count). The average molecular weight is 495 g/mol. The maximum absolute atomic E-state index is 11.5. The number of carbonyl (C=O) groups is 1. The highest BCUT2D eigenvalue weighted by atomic mass is 32.1. The number of methoxy groups -OCH3 is 1. The van der Waals surface area contributed by atoms with Gasteiger partial charge in [-0.1, -0.05) is 92.0 Å². The first-order valence-corrected chi connectivity index (χ1v) is 12.5. The van der Waals surface area contributed by atoms with Gasteiger partial charge in [-0.05, 0) is 56.7 Å². The Hall–Kier alpha value is -3.18. The Morgan fingerprint density at radius 1 is 0.857 bits per heavy atom. The maximum Gasteiger partial charge on any atom is 0.358 e. The predicted octanol–water partition coefficient (Wildman–Crippen LogP) is 8.00. The monoisotopic (exact) mass is 494 g/mol. The molecular weight excluding hydrogens is 456 g/mol. The van der Waals surface area contributed by atoms with Gasteiger partial charge in [-0.3, -0.25) is 4.79 Å². The summed E-state index contributed by atoms with van der Waals surface area (Å²) < 4.78 is 16.0. The fourth-order valence-corrected chi connectivity index (χ4v) is 3.01. The molecule has 0 aliphatic rings. The van der Waals surface area contributed by atoms with E-state index in [9.17, 15) is 4.79 Å². The summed E-state index contributed by atoms with van der Waals surface area (Å²) in [4.78, 5) is 11.5. The van der Waals surface area contributed by atoms with Gasteiger partial charge in [-0.25, -0.2) is 0 Å². The number of esters is 1.